The fraction of sp³-hybridized carbons (Fsp3) is 0.468. The van der Waals surface area contributed by atoms with E-state index in [9.17, 15) is 19.8 Å². The molecule has 1 amide bonds. The maximum Gasteiger partial charge on any atom is 0.409 e. The molecule has 1 heterocycles. The van der Waals surface area contributed by atoms with E-state index in [1.807, 2.05) is 55.5 Å². The summed E-state index contributed by atoms with van der Waals surface area (Å²) in [6.07, 6.45) is 9.66. The molecule has 0 radical (unpaired) electrons. The van der Waals surface area contributed by atoms with Gasteiger partial charge in [0, 0.05) is 37.7 Å². The second-order valence-corrected chi connectivity index (χ2v) is 15.3. The van der Waals surface area contributed by atoms with Gasteiger partial charge < -0.3 is 38.7 Å². The van der Waals surface area contributed by atoms with Crippen LogP contribution in [-0.2, 0) is 20.9 Å². The molecule has 12 nitrogen and oxygen atoms in total. The molecule has 1 saturated carbocycles. The lowest BCUT2D eigenvalue weighted by molar-refractivity contribution is -0.255. The summed E-state index contributed by atoms with van der Waals surface area (Å²) >= 11 is 0. The number of carbonyl (C=O) groups excluding carboxylic acids is 2. The zero-order valence-corrected chi connectivity index (χ0v) is 34.4. The molecule has 0 saturated heterocycles. The molecule has 0 aromatic heterocycles. The van der Waals surface area contributed by atoms with Gasteiger partial charge in [-0.2, -0.15) is 0 Å². The minimum atomic E-state index is -1.40. The summed E-state index contributed by atoms with van der Waals surface area (Å²) in [5, 5.41) is 24.7. The van der Waals surface area contributed by atoms with Crippen LogP contribution in [0.2, 0.25) is 0 Å². The van der Waals surface area contributed by atoms with E-state index in [0.717, 1.165) is 48.7 Å². The summed E-state index contributed by atoms with van der Waals surface area (Å²) in [4.78, 5) is 33.6. The molecule has 1 aliphatic heterocycles. The van der Waals surface area contributed by atoms with E-state index in [0.29, 0.717) is 60.1 Å². The lowest BCUT2D eigenvalue weighted by Gasteiger charge is -2.59. The number of carbonyl (C=O) groups is 2. The van der Waals surface area contributed by atoms with Crippen LogP contribution in [0.4, 0.5) is 4.79 Å². The summed E-state index contributed by atoms with van der Waals surface area (Å²) in [6.45, 7) is 6.96. The minimum Gasteiger partial charge on any atom is -0.496 e. The Morgan fingerprint density at radius 3 is 2.44 bits per heavy atom. The number of aliphatic hydroxyl groups excluding tert-OH is 2. The number of oxime groups is 1. The number of allylic oxidation sites excluding steroid dienone is 1. The van der Waals surface area contributed by atoms with E-state index in [1.54, 1.807) is 29.2 Å². The Kier molecular flexibility index (Phi) is 15.2. The van der Waals surface area contributed by atoms with Crippen LogP contribution in [0.25, 0.3) is 0 Å². The van der Waals surface area contributed by atoms with Gasteiger partial charge in [0.25, 0.3) is 0 Å². The van der Waals surface area contributed by atoms with Crippen molar-refractivity contribution in [1.29, 1.82) is 0 Å². The molecule has 0 bridgehead atoms. The second-order valence-electron chi connectivity index (χ2n) is 15.3. The van der Waals surface area contributed by atoms with Gasteiger partial charge in [-0.15, -0.1) is 6.58 Å². The van der Waals surface area contributed by atoms with Gasteiger partial charge >= 0.3 is 6.09 Å². The molecule has 2 N–H and O–H groups in total. The molecule has 6 atom stereocenters. The lowest BCUT2D eigenvalue weighted by Crippen LogP contribution is -2.70. The number of hydrogen-bond donors (Lipinski definition) is 2. The molecule has 6 rings (SSSR count). The van der Waals surface area contributed by atoms with Crippen LogP contribution in [0.3, 0.4) is 0 Å². The van der Waals surface area contributed by atoms with Crippen LogP contribution in [0, 0.1) is 17.8 Å². The molecule has 0 spiro atoms. The Morgan fingerprint density at radius 1 is 1.00 bits per heavy atom. The van der Waals surface area contributed by atoms with E-state index >= 15 is 0 Å². The Balaban J connectivity index is 1.57. The molecule has 316 valence electrons. The van der Waals surface area contributed by atoms with Crippen LogP contribution < -0.4 is 14.2 Å². The van der Waals surface area contributed by atoms with Gasteiger partial charge in [-0.1, -0.05) is 67.4 Å². The van der Waals surface area contributed by atoms with Crippen LogP contribution in [0.15, 0.2) is 96.2 Å². The lowest BCUT2D eigenvalue weighted by atomic mass is 9.55. The Bertz CT molecular complexity index is 1950. The first-order valence-corrected chi connectivity index (χ1v) is 20.8. The molecule has 2 aliphatic carbocycles. The van der Waals surface area contributed by atoms with Crippen molar-refractivity contribution in [2.24, 2.45) is 22.9 Å². The first kappa shape index (κ1) is 43.4. The molecule has 3 aliphatic rings. The standard InChI is InChI=1S/C47H58N2O10/c1-5-22-49(46(53)55-4)43-29-40(48-57-31-32-14-8-7-9-15-32)38-27-33(16-10-12-23-50)37(17-11-13-24-51)44-39-28-36(58-35-18-20-41(54-3)34(26-35)30-52)19-21-42(39)59-47(43,45(38)44)56-25-6-2/h6-9,14-15,18-21,26-28,30,33,37,43-45,50-51H,2,5,10-13,16-17,22-25,29,31H2,1,3-4H3/t33-,37+,43-,44+,45+,47+/m0/s1. The summed E-state index contributed by atoms with van der Waals surface area (Å²) in [7, 11) is 2.89. The summed E-state index contributed by atoms with van der Waals surface area (Å²) in [5.41, 5.74) is 3.87. The monoisotopic (exact) mass is 810 g/mol. The van der Waals surface area contributed by atoms with Crippen molar-refractivity contribution in [3.05, 3.63) is 108 Å². The molecule has 59 heavy (non-hydrogen) atoms. The molecule has 1 fully saturated rings. The van der Waals surface area contributed by atoms with Gasteiger partial charge in [-0.05, 0) is 91.5 Å². The van der Waals surface area contributed by atoms with Crippen molar-refractivity contribution in [2.45, 2.75) is 82.6 Å². The summed E-state index contributed by atoms with van der Waals surface area (Å²) in [5.74, 6) is 0.0246. The van der Waals surface area contributed by atoms with Gasteiger partial charge in [0.1, 0.15) is 35.6 Å². The van der Waals surface area contributed by atoms with Crippen molar-refractivity contribution in [2.75, 3.05) is 40.6 Å². The van der Waals surface area contributed by atoms with Crippen molar-refractivity contribution in [3.8, 4) is 23.0 Å². The number of aldehydes is 1. The summed E-state index contributed by atoms with van der Waals surface area (Å²) < 4.78 is 31.5. The van der Waals surface area contributed by atoms with Gasteiger partial charge in [0.2, 0.25) is 5.79 Å². The third-order valence-corrected chi connectivity index (χ3v) is 11.7. The summed E-state index contributed by atoms with van der Waals surface area (Å²) in [6, 6.07) is 20.0. The normalized spacial score (nSPS) is 23.5. The molecule has 12 heteroatoms. The van der Waals surface area contributed by atoms with Crippen molar-refractivity contribution in [3.63, 3.8) is 0 Å². The van der Waals surface area contributed by atoms with Gasteiger partial charge in [-0.3, -0.25) is 9.69 Å². The number of unbranched alkanes of at least 4 members (excludes halogenated alkanes) is 2. The van der Waals surface area contributed by atoms with Crippen LogP contribution >= 0.6 is 0 Å². The number of ether oxygens (including phenoxy) is 5. The number of aliphatic hydroxyl groups is 2. The number of hydrogen-bond acceptors (Lipinski definition) is 11. The van der Waals surface area contributed by atoms with E-state index in [1.165, 1.54) is 14.2 Å². The van der Waals surface area contributed by atoms with Gasteiger partial charge in [0.15, 0.2) is 6.29 Å². The van der Waals surface area contributed by atoms with E-state index in [2.05, 4.69) is 12.7 Å². The van der Waals surface area contributed by atoms with E-state index in [-0.39, 0.29) is 50.6 Å². The van der Waals surface area contributed by atoms with Crippen molar-refractivity contribution < 1.29 is 48.3 Å². The number of fused-ring (bicyclic) bond motifs is 2. The predicted molar refractivity (Wildman–Crippen MR) is 224 cm³/mol. The highest BCUT2D eigenvalue weighted by Crippen LogP contribution is 2.62. The van der Waals surface area contributed by atoms with Crippen molar-refractivity contribution >= 4 is 18.1 Å². The first-order chi connectivity index (χ1) is 28.9. The van der Waals surface area contributed by atoms with Gasteiger partial charge in [0.05, 0.1) is 38.0 Å². The highest BCUT2D eigenvalue weighted by molar-refractivity contribution is 6.03. The third kappa shape index (κ3) is 9.51. The minimum absolute atomic E-state index is 0.0317. The second kappa shape index (κ2) is 20.7. The van der Waals surface area contributed by atoms with Crippen LogP contribution in [0.5, 0.6) is 23.0 Å². The highest BCUT2D eigenvalue weighted by atomic mass is 16.7. The number of benzene rings is 3. The first-order valence-electron chi connectivity index (χ1n) is 20.8. The number of rotatable bonds is 21. The van der Waals surface area contributed by atoms with Crippen LogP contribution in [0.1, 0.15) is 85.7 Å². The van der Waals surface area contributed by atoms with Crippen molar-refractivity contribution in [1.82, 2.24) is 4.90 Å². The zero-order valence-electron chi connectivity index (χ0n) is 34.4. The maximum atomic E-state index is 13.8. The molecule has 0 unspecified atom stereocenters. The molecule has 3 aromatic carbocycles. The van der Waals surface area contributed by atoms with E-state index in [4.69, 9.17) is 33.7 Å². The number of nitrogens with zero attached hydrogens (tertiary/aromatic N) is 2. The predicted octanol–water partition coefficient (Wildman–Crippen LogP) is 8.61. The Labute approximate surface area is 347 Å². The highest BCUT2D eigenvalue weighted by Gasteiger charge is 2.65. The fourth-order valence-electron chi connectivity index (χ4n) is 9.21. The molecular weight excluding hydrogens is 753 g/mol. The topological polar surface area (TPSA) is 146 Å². The number of amides is 1. The Hall–Kier alpha value is -5.17. The molecule has 3 aromatic rings. The van der Waals surface area contributed by atoms with Crippen LogP contribution in [-0.4, -0.2) is 85.6 Å². The Morgan fingerprint density at radius 2 is 1.75 bits per heavy atom. The molecular formula is C47H58N2O10. The fourth-order valence-corrected chi connectivity index (χ4v) is 9.21. The van der Waals surface area contributed by atoms with E-state index < -0.39 is 23.8 Å². The quantitative estimate of drug-likeness (QED) is 0.0464. The maximum absolute atomic E-state index is 13.8. The largest absolute Gasteiger partial charge is 0.496 e. The average molecular weight is 811 g/mol. The average Bonchev–Trinajstić information content (AvgIpc) is 3.26. The smallest absolute Gasteiger partial charge is 0.409 e. The van der Waals surface area contributed by atoms with Gasteiger partial charge in [-0.25, -0.2) is 4.79 Å². The zero-order chi connectivity index (χ0) is 41.8. The third-order valence-electron chi connectivity index (χ3n) is 11.7. The number of methoxy groups -OCH3 is 2. The SMILES string of the molecule is C=CCO[C@@]12Oc3ccc(Oc4ccc(OC)c(C=O)c4)cc3[C@H]3[C@H](CCCCO)[C@@H](CCCCO)C=C(C(=NOCc4ccccc4)C[C@@H]1N(CCC)C(=O)OC)[C@H]32.